The Hall–Kier alpha value is -1.36. The van der Waals surface area contributed by atoms with Crippen molar-refractivity contribution in [1.29, 1.82) is 0 Å². The highest BCUT2D eigenvalue weighted by Crippen LogP contribution is 2.24. The zero-order valence-electron chi connectivity index (χ0n) is 8.94. The summed E-state index contributed by atoms with van der Waals surface area (Å²) < 4.78 is 9.57. The Kier molecular flexibility index (Phi) is 2.73. The lowest BCUT2D eigenvalue weighted by molar-refractivity contribution is 0.577. The molecule has 2 rings (SSSR count). The van der Waals surface area contributed by atoms with Crippen LogP contribution in [0.1, 0.15) is 19.4 Å². The molecule has 0 aromatic carbocycles. The van der Waals surface area contributed by atoms with E-state index in [-0.39, 0.29) is 0 Å². The molecule has 0 fully saturated rings. The minimum Gasteiger partial charge on any atom is -0.461 e. The number of hydrogen-bond acceptors (Lipinski definition) is 5. The predicted octanol–water partition coefficient (Wildman–Crippen LogP) is 2.93. The van der Waals surface area contributed by atoms with Crippen LogP contribution in [0.15, 0.2) is 16.7 Å². The second-order valence-electron chi connectivity index (χ2n) is 3.65. The fourth-order valence-corrected chi connectivity index (χ4v) is 1.94. The van der Waals surface area contributed by atoms with Crippen LogP contribution in [0.3, 0.4) is 0 Å². The maximum absolute atomic E-state index is 5.32. The first-order valence-corrected chi connectivity index (χ1v) is 5.59. The van der Waals surface area contributed by atoms with E-state index in [1.807, 2.05) is 13.0 Å². The first-order valence-electron chi connectivity index (χ1n) is 4.81. The van der Waals surface area contributed by atoms with Crippen LogP contribution in [0.4, 0.5) is 5.13 Å². The van der Waals surface area contributed by atoms with Crippen LogP contribution in [0.25, 0.3) is 11.6 Å². The van der Waals surface area contributed by atoms with Gasteiger partial charge in [0.1, 0.15) is 0 Å². The molecular formula is C10H13N3OS. The zero-order chi connectivity index (χ0) is 10.8. The fourth-order valence-electron chi connectivity index (χ4n) is 1.22. The van der Waals surface area contributed by atoms with Crippen molar-refractivity contribution < 1.29 is 4.42 Å². The molecule has 0 saturated carbocycles. The molecule has 0 radical (unpaired) electrons. The SMILES string of the molecule is Cc1ccoc1-c1nsc(NC(C)C)n1. The molecule has 0 amide bonds. The Morgan fingerprint density at radius 1 is 1.47 bits per heavy atom. The third-order valence-corrected chi connectivity index (χ3v) is 2.55. The lowest BCUT2D eigenvalue weighted by Gasteiger charge is -2.03. The van der Waals surface area contributed by atoms with Crippen molar-refractivity contribution in [3.8, 4) is 11.6 Å². The van der Waals surface area contributed by atoms with Crippen LogP contribution >= 0.6 is 11.5 Å². The van der Waals surface area contributed by atoms with Crippen LogP contribution in [-0.2, 0) is 0 Å². The van der Waals surface area contributed by atoms with Crippen LogP contribution in [0.5, 0.6) is 0 Å². The number of aryl methyl sites for hydroxylation is 1. The Balaban J connectivity index is 2.24. The summed E-state index contributed by atoms with van der Waals surface area (Å²) in [6.45, 7) is 6.12. The normalized spacial score (nSPS) is 10.9. The second-order valence-corrected chi connectivity index (χ2v) is 4.41. The zero-order valence-corrected chi connectivity index (χ0v) is 9.76. The lowest BCUT2D eigenvalue weighted by atomic mass is 10.3. The van der Waals surface area contributed by atoms with Gasteiger partial charge in [-0.05, 0) is 32.4 Å². The standard InChI is InChI=1S/C10H13N3OS/c1-6(2)11-10-12-9(13-15-10)8-7(3)4-5-14-8/h4-6H,1-3H3,(H,11,12,13). The van der Waals surface area contributed by atoms with Crippen LogP contribution < -0.4 is 5.32 Å². The molecule has 0 aliphatic heterocycles. The number of rotatable bonds is 3. The quantitative estimate of drug-likeness (QED) is 0.869. The van der Waals surface area contributed by atoms with Crippen molar-refractivity contribution >= 4 is 16.7 Å². The average molecular weight is 223 g/mol. The molecular weight excluding hydrogens is 210 g/mol. The molecule has 0 aliphatic carbocycles. The molecule has 0 saturated heterocycles. The van der Waals surface area contributed by atoms with Gasteiger partial charge in [0.2, 0.25) is 11.0 Å². The molecule has 0 unspecified atom stereocenters. The summed E-state index contributed by atoms with van der Waals surface area (Å²) in [7, 11) is 0. The van der Waals surface area contributed by atoms with E-state index in [9.17, 15) is 0 Å². The minimum atomic E-state index is 0.364. The van der Waals surface area contributed by atoms with Gasteiger partial charge in [-0.15, -0.1) is 0 Å². The average Bonchev–Trinajstić information content (AvgIpc) is 2.72. The summed E-state index contributed by atoms with van der Waals surface area (Å²) in [5, 5.41) is 4.04. The van der Waals surface area contributed by atoms with E-state index in [2.05, 4.69) is 28.5 Å². The Bertz CT molecular complexity index is 447. The van der Waals surface area contributed by atoms with Crippen molar-refractivity contribution in [2.45, 2.75) is 26.8 Å². The van der Waals surface area contributed by atoms with Gasteiger partial charge in [0.25, 0.3) is 0 Å². The van der Waals surface area contributed by atoms with Gasteiger partial charge in [-0.25, -0.2) is 0 Å². The van der Waals surface area contributed by atoms with Crippen molar-refractivity contribution in [2.75, 3.05) is 5.32 Å². The molecule has 5 heteroatoms. The van der Waals surface area contributed by atoms with E-state index >= 15 is 0 Å². The highest BCUT2D eigenvalue weighted by molar-refractivity contribution is 7.09. The van der Waals surface area contributed by atoms with Crippen LogP contribution in [0.2, 0.25) is 0 Å². The Morgan fingerprint density at radius 3 is 2.87 bits per heavy atom. The van der Waals surface area contributed by atoms with Crippen molar-refractivity contribution in [1.82, 2.24) is 9.36 Å². The summed E-state index contributed by atoms with van der Waals surface area (Å²) in [5.41, 5.74) is 1.06. The smallest absolute Gasteiger partial charge is 0.210 e. The Morgan fingerprint density at radius 2 is 2.27 bits per heavy atom. The summed E-state index contributed by atoms with van der Waals surface area (Å²) >= 11 is 1.35. The monoisotopic (exact) mass is 223 g/mol. The fraction of sp³-hybridized carbons (Fsp3) is 0.400. The molecule has 15 heavy (non-hydrogen) atoms. The molecule has 4 nitrogen and oxygen atoms in total. The lowest BCUT2D eigenvalue weighted by Crippen LogP contribution is -2.08. The van der Waals surface area contributed by atoms with E-state index in [0.29, 0.717) is 11.9 Å². The predicted molar refractivity (Wildman–Crippen MR) is 61.1 cm³/mol. The van der Waals surface area contributed by atoms with Crippen molar-refractivity contribution in [2.24, 2.45) is 0 Å². The van der Waals surface area contributed by atoms with Crippen LogP contribution in [-0.4, -0.2) is 15.4 Å². The highest BCUT2D eigenvalue weighted by atomic mass is 32.1. The first-order chi connectivity index (χ1) is 7.16. The van der Waals surface area contributed by atoms with Crippen molar-refractivity contribution in [3.05, 3.63) is 17.9 Å². The minimum absolute atomic E-state index is 0.364. The maximum atomic E-state index is 5.32. The topological polar surface area (TPSA) is 51.0 Å². The van der Waals surface area contributed by atoms with E-state index in [0.717, 1.165) is 16.5 Å². The summed E-state index contributed by atoms with van der Waals surface area (Å²) in [4.78, 5) is 4.36. The number of anilines is 1. The third kappa shape index (κ3) is 2.18. The van der Waals surface area contributed by atoms with Gasteiger partial charge in [-0.2, -0.15) is 9.36 Å². The molecule has 2 aromatic heterocycles. The molecule has 2 heterocycles. The Labute approximate surface area is 92.5 Å². The molecule has 0 spiro atoms. The number of nitrogens with zero attached hydrogens (tertiary/aromatic N) is 2. The largest absolute Gasteiger partial charge is 0.461 e. The van der Waals surface area contributed by atoms with E-state index in [4.69, 9.17) is 4.42 Å². The summed E-state index contributed by atoms with van der Waals surface area (Å²) in [6.07, 6.45) is 1.65. The first kappa shape index (κ1) is 10.2. The van der Waals surface area contributed by atoms with Gasteiger partial charge < -0.3 is 9.73 Å². The summed E-state index contributed by atoms with van der Waals surface area (Å²) in [5.74, 6) is 1.41. The number of furan rings is 1. The molecule has 0 atom stereocenters. The van der Waals surface area contributed by atoms with Gasteiger partial charge in [0, 0.05) is 17.6 Å². The molecule has 1 N–H and O–H groups in total. The van der Waals surface area contributed by atoms with E-state index in [1.165, 1.54) is 11.5 Å². The highest BCUT2D eigenvalue weighted by Gasteiger charge is 2.12. The molecule has 0 bridgehead atoms. The van der Waals surface area contributed by atoms with Crippen molar-refractivity contribution in [3.63, 3.8) is 0 Å². The van der Waals surface area contributed by atoms with Crippen LogP contribution in [0, 0.1) is 6.92 Å². The molecule has 80 valence electrons. The molecule has 2 aromatic rings. The van der Waals surface area contributed by atoms with E-state index in [1.54, 1.807) is 6.26 Å². The third-order valence-electron chi connectivity index (χ3n) is 1.90. The summed E-state index contributed by atoms with van der Waals surface area (Å²) in [6, 6.07) is 2.27. The molecule has 0 aliphatic rings. The number of aromatic nitrogens is 2. The number of nitrogens with one attached hydrogen (secondary N) is 1. The van der Waals surface area contributed by atoms with Gasteiger partial charge in [0.15, 0.2) is 5.76 Å². The van der Waals surface area contributed by atoms with Gasteiger partial charge in [0.05, 0.1) is 6.26 Å². The maximum Gasteiger partial charge on any atom is 0.210 e. The van der Waals surface area contributed by atoms with Gasteiger partial charge in [-0.1, -0.05) is 0 Å². The van der Waals surface area contributed by atoms with Gasteiger partial charge >= 0.3 is 0 Å². The second kappa shape index (κ2) is 4.02. The van der Waals surface area contributed by atoms with E-state index < -0.39 is 0 Å². The van der Waals surface area contributed by atoms with Gasteiger partial charge in [-0.3, -0.25) is 0 Å². The number of hydrogen-bond donors (Lipinski definition) is 1.